The fraction of sp³-hybridized carbons (Fsp3) is 0.629. The first-order valence-corrected chi connectivity index (χ1v) is 17.0. The molecule has 0 amide bonds. The molecule has 1 aliphatic rings. The van der Waals surface area contributed by atoms with Crippen molar-refractivity contribution in [3.8, 4) is 0 Å². The van der Waals surface area contributed by atoms with E-state index in [0.29, 0.717) is 98.8 Å². The van der Waals surface area contributed by atoms with Crippen LogP contribution in [0.2, 0.25) is 0 Å². The fourth-order valence-corrected chi connectivity index (χ4v) is 6.05. The van der Waals surface area contributed by atoms with Crippen LogP contribution in [0.15, 0.2) is 30.6 Å². The monoisotopic (exact) mass is 609 g/mol. The van der Waals surface area contributed by atoms with Crippen molar-refractivity contribution in [2.75, 3.05) is 63.0 Å². The zero-order valence-corrected chi connectivity index (χ0v) is 27.6. The third kappa shape index (κ3) is 9.57. The van der Waals surface area contributed by atoms with Crippen LogP contribution >= 0.6 is 0 Å². The third-order valence-corrected chi connectivity index (χ3v) is 8.76. The van der Waals surface area contributed by atoms with Crippen LogP contribution in [-0.4, -0.2) is 78.2 Å². The van der Waals surface area contributed by atoms with Crippen molar-refractivity contribution < 1.29 is 18.9 Å². The summed E-state index contributed by atoms with van der Waals surface area (Å²) >= 11 is 0. The van der Waals surface area contributed by atoms with E-state index in [1.54, 1.807) is 6.07 Å². The second-order valence-electron chi connectivity index (χ2n) is 12.4. The van der Waals surface area contributed by atoms with E-state index in [-0.39, 0.29) is 20.9 Å². The minimum atomic E-state index is -0.233. The van der Waals surface area contributed by atoms with Gasteiger partial charge in [0, 0.05) is 55.3 Å². The van der Waals surface area contributed by atoms with Crippen molar-refractivity contribution in [1.29, 1.82) is 0 Å². The first-order chi connectivity index (χ1) is 21.2. The van der Waals surface area contributed by atoms with Gasteiger partial charge in [0.25, 0.3) is 0 Å². The maximum absolute atomic E-state index is 13.8. The van der Waals surface area contributed by atoms with Crippen LogP contribution < -0.4 is 10.6 Å². The van der Waals surface area contributed by atoms with Crippen LogP contribution in [0.5, 0.6) is 0 Å². The molecule has 0 spiro atoms. The highest BCUT2D eigenvalue weighted by molar-refractivity contribution is 6.31. The summed E-state index contributed by atoms with van der Waals surface area (Å²) in [7, 11) is 0. The van der Waals surface area contributed by atoms with Crippen LogP contribution in [0.3, 0.4) is 0 Å². The summed E-state index contributed by atoms with van der Waals surface area (Å²) in [6, 6.07) is 5.30. The van der Waals surface area contributed by atoms with Crippen molar-refractivity contribution in [3.63, 3.8) is 0 Å². The van der Waals surface area contributed by atoms with Crippen molar-refractivity contribution in [1.82, 2.24) is 4.98 Å². The summed E-state index contributed by atoms with van der Waals surface area (Å²) in [6.45, 7) is 13.1. The summed E-state index contributed by atoms with van der Waals surface area (Å²) in [5.74, 6) is -0.444. The maximum atomic E-state index is 13.8. The second kappa shape index (κ2) is 17.6. The Kier molecular flexibility index (Phi) is 14.2. The second-order valence-corrected chi connectivity index (χ2v) is 12.4. The van der Waals surface area contributed by atoms with Gasteiger partial charge in [-0.3, -0.25) is 14.6 Å². The Balaban J connectivity index is 1.76. The third-order valence-electron chi connectivity index (χ3n) is 8.76. The molecule has 9 nitrogen and oxygen atoms in total. The molecule has 0 radical (unpaired) electrons. The summed E-state index contributed by atoms with van der Waals surface area (Å²) in [5.41, 5.74) is 2.57. The lowest BCUT2D eigenvalue weighted by Gasteiger charge is -2.43. The number of rotatable bonds is 22. The molecule has 44 heavy (non-hydrogen) atoms. The number of unbranched alkanes of at least 4 members (excludes halogenated alkanes) is 4. The normalized spacial score (nSPS) is 13.1. The van der Waals surface area contributed by atoms with Crippen molar-refractivity contribution in [3.05, 3.63) is 63.3 Å². The Morgan fingerprint density at radius 3 is 1.39 bits per heavy atom. The van der Waals surface area contributed by atoms with Gasteiger partial charge in [0.05, 0.1) is 56.0 Å². The molecular weight excluding hydrogens is 554 g/mol. The van der Waals surface area contributed by atoms with Crippen LogP contribution in [0.4, 0.5) is 11.4 Å². The van der Waals surface area contributed by atoms with E-state index in [1.807, 2.05) is 12.1 Å². The SMILES string of the molecule is CCCC[N+]([O-])(CCCC)CCCNc1ccc(NCCC[N+]([O-])(CCCC)CCCC)c2c1C(=O)c1ccncc1C2=O. The topological polar surface area (TPSA) is 117 Å². The average Bonchev–Trinajstić information content (AvgIpc) is 3.04. The number of nitrogens with zero attached hydrogens (tertiary/aromatic N) is 3. The van der Waals surface area contributed by atoms with E-state index in [9.17, 15) is 20.0 Å². The lowest BCUT2D eigenvalue weighted by molar-refractivity contribution is -0.881. The first kappa shape index (κ1) is 35.6. The number of quaternary nitrogens is 2. The van der Waals surface area contributed by atoms with E-state index < -0.39 is 0 Å². The zero-order chi connectivity index (χ0) is 32.0. The number of pyridine rings is 1. The number of benzene rings is 1. The Hall–Kier alpha value is -2.85. The standard InChI is InChI=1S/C35H55N5O4/c1-5-9-21-39(43,22-10-6-2)25-13-18-37-30-15-16-31(38-19-14-26-40(44,23-11-7-3)24-12-8-4)33-32(30)34(41)28-17-20-36-27-29(28)35(33)42/h15-17,20,27,37-38H,5-14,18-19,21-26H2,1-4H3. The van der Waals surface area contributed by atoms with Gasteiger partial charge in [-0.1, -0.05) is 53.4 Å². The number of hydroxylamine groups is 6. The molecule has 3 rings (SSSR count). The quantitative estimate of drug-likeness (QED) is 0.0698. The summed E-state index contributed by atoms with van der Waals surface area (Å²) in [6.07, 6.45) is 12.0. The van der Waals surface area contributed by atoms with Crippen LogP contribution in [0, 0.1) is 10.4 Å². The molecule has 2 aromatic rings. The maximum Gasteiger partial charge on any atom is 0.198 e. The number of aromatic nitrogens is 1. The molecule has 1 aliphatic carbocycles. The van der Waals surface area contributed by atoms with E-state index in [1.165, 1.54) is 12.4 Å². The van der Waals surface area contributed by atoms with Crippen LogP contribution in [0.1, 0.15) is 124 Å². The predicted octanol–water partition coefficient (Wildman–Crippen LogP) is 7.29. The Morgan fingerprint density at radius 1 is 0.591 bits per heavy atom. The van der Waals surface area contributed by atoms with Gasteiger partial charge in [-0.05, 0) is 43.9 Å². The number of anilines is 2. The van der Waals surface area contributed by atoms with Gasteiger partial charge < -0.3 is 30.3 Å². The summed E-state index contributed by atoms with van der Waals surface area (Å²) in [4.78, 5) is 31.6. The van der Waals surface area contributed by atoms with Gasteiger partial charge in [-0.2, -0.15) is 0 Å². The van der Waals surface area contributed by atoms with E-state index in [0.717, 1.165) is 51.4 Å². The molecule has 0 aliphatic heterocycles. The lowest BCUT2D eigenvalue weighted by atomic mass is 9.83. The van der Waals surface area contributed by atoms with Crippen molar-refractivity contribution in [2.45, 2.75) is 91.9 Å². The minimum Gasteiger partial charge on any atom is -0.633 e. The molecule has 0 saturated heterocycles. The number of hydrogen-bond acceptors (Lipinski definition) is 7. The van der Waals surface area contributed by atoms with Crippen molar-refractivity contribution in [2.24, 2.45) is 0 Å². The van der Waals surface area contributed by atoms with E-state index in [2.05, 4.69) is 43.3 Å². The zero-order valence-electron chi connectivity index (χ0n) is 27.6. The number of nitrogens with one attached hydrogen (secondary N) is 2. The van der Waals surface area contributed by atoms with Gasteiger partial charge in [0.15, 0.2) is 11.6 Å². The number of ketones is 2. The Labute approximate surface area is 264 Å². The first-order valence-electron chi connectivity index (χ1n) is 17.0. The highest BCUT2D eigenvalue weighted by Crippen LogP contribution is 2.36. The number of carbonyl (C=O) groups is 2. The van der Waals surface area contributed by atoms with Crippen molar-refractivity contribution >= 4 is 22.9 Å². The molecule has 0 fully saturated rings. The van der Waals surface area contributed by atoms with Gasteiger partial charge in [-0.15, -0.1) is 0 Å². The Bertz CT molecular complexity index is 1110. The molecule has 1 heterocycles. The minimum absolute atomic E-state index is 0.178. The molecule has 1 aromatic heterocycles. The molecule has 2 N–H and O–H groups in total. The van der Waals surface area contributed by atoms with Crippen LogP contribution in [-0.2, 0) is 0 Å². The highest BCUT2D eigenvalue weighted by Gasteiger charge is 2.34. The van der Waals surface area contributed by atoms with Gasteiger partial charge >= 0.3 is 0 Å². The molecule has 0 unspecified atom stereocenters. The smallest absolute Gasteiger partial charge is 0.198 e. The molecule has 0 atom stereocenters. The summed E-state index contributed by atoms with van der Waals surface area (Å²) < 4.78 is -0.358. The fourth-order valence-electron chi connectivity index (χ4n) is 6.05. The largest absolute Gasteiger partial charge is 0.633 e. The predicted molar refractivity (Wildman–Crippen MR) is 180 cm³/mol. The summed E-state index contributed by atoms with van der Waals surface area (Å²) in [5, 5.41) is 33.6. The average molecular weight is 610 g/mol. The molecule has 1 aromatic carbocycles. The number of fused-ring (bicyclic) bond motifs is 2. The lowest BCUT2D eigenvalue weighted by Crippen LogP contribution is -2.45. The van der Waals surface area contributed by atoms with Gasteiger partial charge in [-0.25, -0.2) is 0 Å². The molecule has 9 heteroatoms. The van der Waals surface area contributed by atoms with E-state index >= 15 is 0 Å². The van der Waals surface area contributed by atoms with Gasteiger partial charge in [0.2, 0.25) is 0 Å². The molecule has 244 valence electrons. The van der Waals surface area contributed by atoms with Crippen LogP contribution in [0.25, 0.3) is 0 Å². The van der Waals surface area contributed by atoms with Gasteiger partial charge in [0.1, 0.15) is 0 Å². The number of hydrogen-bond donors (Lipinski definition) is 2. The molecular formula is C35H55N5O4. The van der Waals surface area contributed by atoms with E-state index in [4.69, 9.17) is 0 Å². The Morgan fingerprint density at radius 2 is 0.977 bits per heavy atom. The number of carbonyl (C=O) groups excluding carboxylic acids is 2. The highest BCUT2D eigenvalue weighted by atomic mass is 16.5. The molecule has 0 bridgehead atoms. The molecule has 0 saturated carbocycles.